The SMILES string of the molecule is O=c1c2ccccc2c2ccccc2n1Cc1cccc2ccc3cc4ccccc4cc3c12. The number of pyridine rings is 1. The molecule has 0 bridgehead atoms. The van der Waals surface area contributed by atoms with Crippen LogP contribution in [0.4, 0.5) is 0 Å². The third-order valence-corrected chi connectivity index (χ3v) is 7.03. The molecule has 0 amide bonds. The van der Waals surface area contributed by atoms with Crippen LogP contribution in [0.3, 0.4) is 0 Å². The largest absolute Gasteiger partial charge is 0.303 e. The fourth-order valence-corrected chi connectivity index (χ4v) is 5.43. The van der Waals surface area contributed by atoms with Gasteiger partial charge in [0.05, 0.1) is 12.1 Å². The Morgan fingerprint density at radius 3 is 2.00 bits per heavy atom. The van der Waals surface area contributed by atoms with Gasteiger partial charge in [-0.1, -0.05) is 91.0 Å². The Kier molecular flexibility index (Phi) is 4.09. The predicted octanol–water partition coefficient (Wildman–Crippen LogP) is 7.66. The Morgan fingerprint density at radius 2 is 1.15 bits per heavy atom. The predicted molar refractivity (Wildman–Crippen MR) is 144 cm³/mol. The second-order valence-electron chi connectivity index (χ2n) is 8.96. The highest BCUT2D eigenvalue weighted by Crippen LogP contribution is 2.32. The fourth-order valence-electron chi connectivity index (χ4n) is 5.43. The highest BCUT2D eigenvalue weighted by Gasteiger charge is 2.13. The van der Waals surface area contributed by atoms with E-state index in [1.54, 1.807) is 0 Å². The third kappa shape index (κ3) is 2.79. The minimum absolute atomic E-state index is 0.0528. The van der Waals surface area contributed by atoms with Crippen molar-refractivity contribution < 1.29 is 0 Å². The fraction of sp³-hybridized carbons (Fsp3) is 0.0312. The molecule has 7 aromatic rings. The van der Waals surface area contributed by atoms with Crippen molar-refractivity contribution in [2.75, 3.05) is 0 Å². The van der Waals surface area contributed by atoms with E-state index in [1.165, 1.54) is 32.3 Å². The monoisotopic (exact) mass is 435 g/mol. The van der Waals surface area contributed by atoms with Gasteiger partial charge < -0.3 is 4.57 Å². The Labute approximate surface area is 196 Å². The summed E-state index contributed by atoms with van der Waals surface area (Å²) in [6.45, 7) is 0.521. The van der Waals surface area contributed by atoms with Crippen molar-refractivity contribution in [2.24, 2.45) is 0 Å². The van der Waals surface area contributed by atoms with Gasteiger partial charge in [-0.3, -0.25) is 4.79 Å². The first kappa shape index (κ1) is 19.1. The topological polar surface area (TPSA) is 22.0 Å². The summed E-state index contributed by atoms with van der Waals surface area (Å²) in [5.74, 6) is 0. The van der Waals surface area contributed by atoms with Crippen LogP contribution in [0, 0.1) is 0 Å². The summed E-state index contributed by atoms with van der Waals surface area (Å²) in [6.07, 6.45) is 0. The lowest BCUT2D eigenvalue weighted by atomic mass is 9.95. The zero-order valence-electron chi connectivity index (χ0n) is 18.5. The van der Waals surface area contributed by atoms with E-state index in [0.29, 0.717) is 6.54 Å². The summed E-state index contributed by atoms with van der Waals surface area (Å²) in [4.78, 5) is 13.7. The highest BCUT2D eigenvalue weighted by atomic mass is 16.1. The van der Waals surface area contributed by atoms with E-state index >= 15 is 0 Å². The standard InChI is InChI=1S/C32H21NO/c34-32-28-14-4-3-12-26(28)27-13-5-6-15-30(27)33(32)20-25-11-7-10-21-16-17-24-18-22-8-1-2-9-23(22)19-29(24)31(21)25/h1-19H,20H2. The molecule has 0 aliphatic carbocycles. The maximum Gasteiger partial charge on any atom is 0.259 e. The van der Waals surface area contributed by atoms with Crippen LogP contribution in [0.1, 0.15) is 5.56 Å². The molecule has 34 heavy (non-hydrogen) atoms. The Morgan fingerprint density at radius 1 is 0.500 bits per heavy atom. The second-order valence-corrected chi connectivity index (χ2v) is 8.96. The molecule has 0 atom stereocenters. The van der Waals surface area contributed by atoms with E-state index in [-0.39, 0.29) is 5.56 Å². The molecule has 0 radical (unpaired) electrons. The lowest BCUT2D eigenvalue weighted by Gasteiger charge is -2.16. The van der Waals surface area contributed by atoms with Gasteiger partial charge in [-0.25, -0.2) is 0 Å². The van der Waals surface area contributed by atoms with Crippen molar-refractivity contribution in [3.05, 3.63) is 131 Å². The molecule has 0 aliphatic heterocycles. The number of rotatable bonds is 2. The molecule has 160 valence electrons. The number of fused-ring (bicyclic) bond motifs is 7. The van der Waals surface area contributed by atoms with E-state index in [2.05, 4.69) is 78.9 Å². The van der Waals surface area contributed by atoms with Crippen molar-refractivity contribution >= 4 is 54.0 Å². The van der Waals surface area contributed by atoms with Crippen molar-refractivity contribution in [3.63, 3.8) is 0 Å². The molecular weight excluding hydrogens is 414 g/mol. The highest BCUT2D eigenvalue weighted by molar-refractivity contribution is 6.13. The molecule has 2 nitrogen and oxygen atoms in total. The molecule has 1 heterocycles. The number of para-hydroxylation sites is 1. The molecule has 0 saturated heterocycles. The lowest BCUT2D eigenvalue weighted by Crippen LogP contribution is -2.21. The number of benzene rings is 6. The summed E-state index contributed by atoms with van der Waals surface area (Å²) in [7, 11) is 0. The molecule has 7 rings (SSSR count). The van der Waals surface area contributed by atoms with Gasteiger partial charge >= 0.3 is 0 Å². The maximum absolute atomic E-state index is 13.7. The van der Waals surface area contributed by atoms with Crippen LogP contribution in [0.25, 0.3) is 54.0 Å². The van der Waals surface area contributed by atoms with Crippen LogP contribution in [0.2, 0.25) is 0 Å². The number of hydrogen-bond donors (Lipinski definition) is 0. The summed E-state index contributed by atoms with van der Waals surface area (Å²) in [6, 6.07) is 40.0. The van der Waals surface area contributed by atoms with Gasteiger partial charge in [0.2, 0.25) is 0 Å². The van der Waals surface area contributed by atoms with Crippen LogP contribution in [0.5, 0.6) is 0 Å². The van der Waals surface area contributed by atoms with Gasteiger partial charge in [-0.2, -0.15) is 0 Å². The first-order valence-corrected chi connectivity index (χ1v) is 11.6. The van der Waals surface area contributed by atoms with Crippen LogP contribution in [-0.2, 0) is 6.54 Å². The van der Waals surface area contributed by atoms with Gasteiger partial charge in [0, 0.05) is 10.8 Å². The van der Waals surface area contributed by atoms with Gasteiger partial charge in [0.15, 0.2) is 0 Å². The first-order chi connectivity index (χ1) is 16.8. The number of aromatic nitrogens is 1. The van der Waals surface area contributed by atoms with E-state index in [1.807, 2.05) is 41.0 Å². The molecule has 0 unspecified atom stereocenters. The van der Waals surface area contributed by atoms with Crippen molar-refractivity contribution in [1.82, 2.24) is 4.57 Å². The van der Waals surface area contributed by atoms with Gasteiger partial charge in [0.1, 0.15) is 0 Å². The number of nitrogens with zero attached hydrogens (tertiary/aromatic N) is 1. The first-order valence-electron chi connectivity index (χ1n) is 11.6. The van der Waals surface area contributed by atoms with Crippen LogP contribution in [-0.4, -0.2) is 4.57 Å². The summed E-state index contributed by atoms with van der Waals surface area (Å²) in [5, 5.41) is 10.2. The van der Waals surface area contributed by atoms with E-state index < -0.39 is 0 Å². The molecule has 6 aromatic carbocycles. The molecule has 0 saturated carbocycles. The van der Waals surface area contributed by atoms with Gasteiger partial charge in [0.25, 0.3) is 5.56 Å². The Hall–Kier alpha value is -4.43. The molecule has 0 spiro atoms. The normalized spacial score (nSPS) is 11.8. The molecular formula is C32H21NO. The molecule has 0 fully saturated rings. The van der Waals surface area contributed by atoms with Crippen molar-refractivity contribution in [3.8, 4) is 0 Å². The molecule has 0 aliphatic rings. The zero-order valence-corrected chi connectivity index (χ0v) is 18.5. The van der Waals surface area contributed by atoms with Crippen LogP contribution >= 0.6 is 0 Å². The quantitative estimate of drug-likeness (QED) is 0.202. The summed E-state index contributed by atoms with van der Waals surface area (Å²) >= 11 is 0. The average Bonchev–Trinajstić information content (AvgIpc) is 2.90. The summed E-state index contributed by atoms with van der Waals surface area (Å²) < 4.78 is 1.94. The zero-order chi connectivity index (χ0) is 22.6. The van der Waals surface area contributed by atoms with Crippen LogP contribution < -0.4 is 5.56 Å². The van der Waals surface area contributed by atoms with Crippen molar-refractivity contribution in [1.29, 1.82) is 0 Å². The van der Waals surface area contributed by atoms with Crippen LogP contribution in [0.15, 0.2) is 120 Å². The van der Waals surface area contributed by atoms with Gasteiger partial charge in [-0.15, -0.1) is 0 Å². The second kappa shape index (κ2) is 7.29. The third-order valence-electron chi connectivity index (χ3n) is 7.03. The maximum atomic E-state index is 13.7. The number of hydrogen-bond acceptors (Lipinski definition) is 1. The average molecular weight is 436 g/mol. The Balaban J connectivity index is 1.55. The minimum atomic E-state index is 0.0528. The molecule has 2 heteroatoms. The van der Waals surface area contributed by atoms with E-state index in [9.17, 15) is 4.79 Å². The van der Waals surface area contributed by atoms with E-state index in [0.717, 1.165) is 27.2 Å². The van der Waals surface area contributed by atoms with E-state index in [4.69, 9.17) is 0 Å². The van der Waals surface area contributed by atoms with Crippen molar-refractivity contribution in [2.45, 2.75) is 6.54 Å². The lowest BCUT2D eigenvalue weighted by molar-refractivity contribution is 0.808. The molecule has 1 aromatic heterocycles. The molecule has 0 N–H and O–H groups in total. The smallest absolute Gasteiger partial charge is 0.259 e. The Bertz CT molecular complexity index is 1960. The van der Waals surface area contributed by atoms with Gasteiger partial charge in [-0.05, 0) is 67.5 Å². The minimum Gasteiger partial charge on any atom is -0.303 e. The summed E-state index contributed by atoms with van der Waals surface area (Å²) in [5.41, 5.74) is 2.17.